The SMILES string of the molecule is O=C1CNC(=O)N1Cc1nc2ccccc2s1. The van der Waals surface area contributed by atoms with Gasteiger partial charge in [0.1, 0.15) is 5.01 Å². The molecule has 1 aromatic carbocycles. The van der Waals surface area contributed by atoms with Gasteiger partial charge in [-0.1, -0.05) is 12.1 Å². The summed E-state index contributed by atoms with van der Waals surface area (Å²) in [4.78, 5) is 28.4. The molecule has 2 aromatic rings. The molecular weight excluding hydrogens is 238 g/mol. The Morgan fingerprint density at radius 2 is 2.18 bits per heavy atom. The molecule has 0 unspecified atom stereocenters. The zero-order chi connectivity index (χ0) is 11.8. The fourth-order valence-electron chi connectivity index (χ4n) is 1.74. The van der Waals surface area contributed by atoms with Crippen LogP contribution in [0.25, 0.3) is 10.2 Å². The van der Waals surface area contributed by atoms with E-state index in [1.807, 2.05) is 24.3 Å². The van der Waals surface area contributed by atoms with E-state index in [0.29, 0.717) is 0 Å². The van der Waals surface area contributed by atoms with Gasteiger partial charge in [-0.3, -0.25) is 9.69 Å². The highest BCUT2D eigenvalue weighted by atomic mass is 32.1. The van der Waals surface area contributed by atoms with Gasteiger partial charge in [-0.05, 0) is 12.1 Å². The van der Waals surface area contributed by atoms with Gasteiger partial charge in [-0.15, -0.1) is 11.3 Å². The molecule has 5 nitrogen and oxygen atoms in total. The second-order valence-corrected chi connectivity index (χ2v) is 4.83. The molecule has 3 amide bonds. The van der Waals surface area contributed by atoms with Gasteiger partial charge in [0.2, 0.25) is 5.91 Å². The van der Waals surface area contributed by atoms with E-state index >= 15 is 0 Å². The number of imide groups is 1. The number of rotatable bonds is 2. The smallest absolute Gasteiger partial charge is 0.324 e. The maximum Gasteiger partial charge on any atom is 0.324 e. The summed E-state index contributed by atoms with van der Waals surface area (Å²) in [5.41, 5.74) is 0.902. The molecule has 0 saturated carbocycles. The molecule has 1 fully saturated rings. The second kappa shape index (κ2) is 3.81. The van der Waals surface area contributed by atoms with E-state index in [9.17, 15) is 9.59 Å². The molecule has 0 radical (unpaired) electrons. The topological polar surface area (TPSA) is 62.3 Å². The molecule has 1 saturated heterocycles. The molecular formula is C11H9N3O2S. The molecule has 0 aliphatic carbocycles. The highest BCUT2D eigenvalue weighted by Crippen LogP contribution is 2.23. The van der Waals surface area contributed by atoms with Crippen LogP contribution in [-0.2, 0) is 11.3 Å². The van der Waals surface area contributed by atoms with Crippen LogP contribution in [0.15, 0.2) is 24.3 Å². The largest absolute Gasteiger partial charge is 0.329 e. The molecule has 1 aliphatic rings. The van der Waals surface area contributed by atoms with Crippen LogP contribution < -0.4 is 5.32 Å². The number of carbonyl (C=O) groups excluding carboxylic acids is 2. The van der Waals surface area contributed by atoms with Gasteiger partial charge in [-0.2, -0.15) is 0 Å². The Hall–Kier alpha value is -1.95. The van der Waals surface area contributed by atoms with Crippen LogP contribution in [0.2, 0.25) is 0 Å². The van der Waals surface area contributed by atoms with E-state index in [0.717, 1.165) is 15.2 Å². The van der Waals surface area contributed by atoms with Gasteiger partial charge in [0.25, 0.3) is 0 Å². The standard InChI is InChI=1S/C11H9N3O2S/c15-10-5-12-11(16)14(10)6-9-13-7-3-1-2-4-8(7)17-9/h1-4H,5-6H2,(H,12,16). The Bertz CT molecular complexity index is 559. The molecule has 0 bridgehead atoms. The number of urea groups is 1. The van der Waals surface area contributed by atoms with Crippen molar-refractivity contribution in [1.29, 1.82) is 0 Å². The first-order valence-corrected chi connectivity index (χ1v) is 5.98. The van der Waals surface area contributed by atoms with Crippen molar-refractivity contribution in [3.8, 4) is 0 Å². The van der Waals surface area contributed by atoms with Crippen molar-refractivity contribution in [3.63, 3.8) is 0 Å². The molecule has 17 heavy (non-hydrogen) atoms. The van der Waals surface area contributed by atoms with Crippen molar-refractivity contribution in [2.24, 2.45) is 0 Å². The highest BCUT2D eigenvalue weighted by molar-refractivity contribution is 7.18. The molecule has 1 aliphatic heterocycles. The third-order valence-corrected chi connectivity index (χ3v) is 3.59. The molecule has 3 rings (SSSR count). The Kier molecular flexibility index (Phi) is 2.29. The van der Waals surface area contributed by atoms with Gasteiger partial charge < -0.3 is 5.32 Å². The number of aromatic nitrogens is 1. The van der Waals surface area contributed by atoms with E-state index in [-0.39, 0.29) is 25.0 Å². The number of nitrogens with zero attached hydrogens (tertiary/aromatic N) is 2. The number of hydrogen-bond donors (Lipinski definition) is 1. The zero-order valence-corrected chi connectivity index (χ0v) is 9.66. The van der Waals surface area contributed by atoms with Crippen LogP contribution in [0.1, 0.15) is 5.01 Å². The maximum atomic E-state index is 11.4. The van der Waals surface area contributed by atoms with Gasteiger partial charge in [0.05, 0.1) is 23.3 Å². The number of nitrogens with one attached hydrogen (secondary N) is 1. The average Bonchev–Trinajstić information content (AvgIpc) is 2.87. The van der Waals surface area contributed by atoms with Gasteiger partial charge in [-0.25, -0.2) is 9.78 Å². The molecule has 1 N–H and O–H groups in total. The van der Waals surface area contributed by atoms with E-state index in [2.05, 4.69) is 10.3 Å². The quantitative estimate of drug-likeness (QED) is 0.815. The molecule has 0 spiro atoms. The predicted molar refractivity (Wildman–Crippen MR) is 63.6 cm³/mol. The Morgan fingerprint density at radius 3 is 2.88 bits per heavy atom. The summed E-state index contributed by atoms with van der Waals surface area (Å²) in [6.07, 6.45) is 0. The predicted octanol–water partition coefficient (Wildman–Crippen LogP) is 1.35. The minimum atomic E-state index is -0.339. The number of amides is 3. The lowest BCUT2D eigenvalue weighted by molar-refractivity contribution is -0.125. The third kappa shape index (κ3) is 1.76. The number of benzene rings is 1. The molecule has 0 atom stereocenters. The molecule has 2 heterocycles. The van der Waals surface area contributed by atoms with Crippen LogP contribution in [0, 0.1) is 0 Å². The highest BCUT2D eigenvalue weighted by Gasteiger charge is 2.29. The number of fused-ring (bicyclic) bond motifs is 1. The number of hydrogen-bond acceptors (Lipinski definition) is 4. The minimum absolute atomic E-state index is 0.0870. The monoisotopic (exact) mass is 247 g/mol. The number of carbonyl (C=O) groups is 2. The molecule has 1 aromatic heterocycles. The summed E-state index contributed by atoms with van der Waals surface area (Å²) in [6.45, 7) is 0.341. The lowest BCUT2D eigenvalue weighted by atomic mass is 10.3. The summed E-state index contributed by atoms with van der Waals surface area (Å²) < 4.78 is 1.06. The number of thiazole rings is 1. The van der Waals surface area contributed by atoms with E-state index in [1.165, 1.54) is 16.2 Å². The molecule has 86 valence electrons. The Morgan fingerprint density at radius 1 is 1.35 bits per heavy atom. The third-order valence-electron chi connectivity index (χ3n) is 2.57. The second-order valence-electron chi connectivity index (χ2n) is 3.71. The fourth-order valence-corrected chi connectivity index (χ4v) is 2.69. The maximum absolute atomic E-state index is 11.4. The van der Waals surface area contributed by atoms with Crippen molar-refractivity contribution < 1.29 is 9.59 Å². The van der Waals surface area contributed by atoms with Crippen LogP contribution >= 0.6 is 11.3 Å². The Balaban J connectivity index is 1.89. The summed E-state index contributed by atoms with van der Waals surface area (Å²) >= 11 is 1.50. The van der Waals surface area contributed by atoms with E-state index in [4.69, 9.17) is 0 Å². The van der Waals surface area contributed by atoms with E-state index < -0.39 is 0 Å². The van der Waals surface area contributed by atoms with Crippen LogP contribution in [-0.4, -0.2) is 28.4 Å². The minimum Gasteiger partial charge on any atom is -0.329 e. The van der Waals surface area contributed by atoms with Crippen molar-refractivity contribution in [3.05, 3.63) is 29.3 Å². The van der Waals surface area contributed by atoms with Crippen molar-refractivity contribution >= 4 is 33.5 Å². The van der Waals surface area contributed by atoms with Gasteiger partial charge in [0.15, 0.2) is 0 Å². The fraction of sp³-hybridized carbons (Fsp3) is 0.182. The number of para-hydroxylation sites is 1. The normalized spacial score (nSPS) is 15.6. The van der Waals surface area contributed by atoms with Crippen molar-refractivity contribution in [1.82, 2.24) is 15.2 Å². The van der Waals surface area contributed by atoms with Crippen molar-refractivity contribution in [2.75, 3.05) is 6.54 Å². The van der Waals surface area contributed by atoms with Crippen LogP contribution in [0.5, 0.6) is 0 Å². The summed E-state index contributed by atoms with van der Waals surface area (Å²) in [5.74, 6) is -0.200. The lowest BCUT2D eigenvalue weighted by Gasteiger charge is -2.08. The summed E-state index contributed by atoms with van der Waals surface area (Å²) in [5, 5.41) is 3.26. The van der Waals surface area contributed by atoms with Gasteiger partial charge in [0, 0.05) is 0 Å². The van der Waals surface area contributed by atoms with Crippen molar-refractivity contribution in [2.45, 2.75) is 6.54 Å². The first kappa shape index (κ1) is 10.2. The summed E-state index contributed by atoms with van der Waals surface area (Å²) in [6, 6.07) is 7.41. The summed E-state index contributed by atoms with van der Waals surface area (Å²) in [7, 11) is 0. The average molecular weight is 247 g/mol. The van der Waals surface area contributed by atoms with Crippen LogP contribution in [0.3, 0.4) is 0 Å². The first-order chi connectivity index (χ1) is 8.24. The van der Waals surface area contributed by atoms with Gasteiger partial charge >= 0.3 is 6.03 Å². The van der Waals surface area contributed by atoms with Crippen LogP contribution in [0.4, 0.5) is 4.79 Å². The molecule has 6 heteroatoms. The lowest BCUT2D eigenvalue weighted by Crippen LogP contribution is -2.30. The zero-order valence-electron chi connectivity index (χ0n) is 8.84. The van der Waals surface area contributed by atoms with E-state index in [1.54, 1.807) is 0 Å². The first-order valence-electron chi connectivity index (χ1n) is 5.17. The Labute approximate surface area is 101 Å².